The van der Waals surface area contributed by atoms with E-state index in [-0.39, 0.29) is 11.7 Å². The van der Waals surface area contributed by atoms with Crippen molar-refractivity contribution in [1.82, 2.24) is 19.9 Å². The molecule has 2 heterocycles. The Morgan fingerprint density at radius 1 is 1.11 bits per heavy atom. The Morgan fingerprint density at radius 3 is 2.64 bits per heavy atom. The van der Waals surface area contributed by atoms with E-state index in [4.69, 9.17) is 9.47 Å². The molecule has 0 unspecified atom stereocenters. The number of nitrogens with zero attached hydrogens (tertiary/aromatic N) is 4. The molecule has 28 heavy (non-hydrogen) atoms. The second-order valence-corrected chi connectivity index (χ2v) is 6.66. The van der Waals surface area contributed by atoms with Crippen molar-refractivity contribution in [2.24, 2.45) is 0 Å². The number of hydrogen-bond acceptors (Lipinski definition) is 8. The number of carbonyl (C=O) groups is 1. The van der Waals surface area contributed by atoms with E-state index in [1.165, 1.54) is 11.8 Å². The molecule has 0 radical (unpaired) electrons. The summed E-state index contributed by atoms with van der Waals surface area (Å²) in [6.45, 7) is 1.87. The van der Waals surface area contributed by atoms with E-state index in [9.17, 15) is 4.79 Å². The molecule has 1 N–H and O–H groups in total. The minimum absolute atomic E-state index is 0.158. The molecule has 2 aromatic heterocycles. The molecular formula is C19H19N5O3S. The first-order chi connectivity index (χ1) is 13.6. The van der Waals surface area contributed by atoms with Crippen LogP contribution >= 0.6 is 11.8 Å². The van der Waals surface area contributed by atoms with Crippen molar-refractivity contribution in [3.63, 3.8) is 0 Å². The number of amides is 1. The Morgan fingerprint density at radius 2 is 1.93 bits per heavy atom. The van der Waals surface area contributed by atoms with E-state index in [0.717, 1.165) is 5.69 Å². The van der Waals surface area contributed by atoms with E-state index in [0.29, 0.717) is 33.7 Å². The van der Waals surface area contributed by atoms with Crippen LogP contribution in [0.1, 0.15) is 5.69 Å². The molecular weight excluding hydrogens is 378 g/mol. The first kappa shape index (κ1) is 19.6. The zero-order valence-corrected chi connectivity index (χ0v) is 16.5. The fraction of sp³-hybridized carbons (Fsp3) is 0.211. The highest BCUT2D eigenvalue weighted by Gasteiger charge is 2.11. The molecule has 0 atom stereocenters. The predicted molar refractivity (Wildman–Crippen MR) is 107 cm³/mol. The lowest BCUT2D eigenvalue weighted by Gasteiger charge is -2.10. The number of aromatic nitrogens is 4. The summed E-state index contributed by atoms with van der Waals surface area (Å²) in [5.74, 6) is 1.67. The summed E-state index contributed by atoms with van der Waals surface area (Å²) >= 11 is 1.32. The van der Waals surface area contributed by atoms with Crippen LogP contribution in [0.4, 0.5) is 5.69 Å². The van der Waals surface area contributed by atoms with Gasteiger partial charge in [-0.3, -0.25) is 9.78 Å². The Labute approximate surface area is 166 Å². The van der Waals surface area contributed by atoms with Crippen LogP contribution < -0.4 is 14.8 Å². The zero-order valence-electron chi connectivity index (χ0n) is 15.7. The standard InChI is InChI=1S/C19H19N5O3S/c1-12-8-18(24-19(22-12)14-10-20-6-7-21-14)28-11-17(25)23-13-4-5-15(26-2)16(9-13)27-3/h4-10H,11H2,1-3H3,(H,23,25). The molecule has 1 aromatic carbocycles. The summed E-state index contributed by atoms with van der Waals surface area (Å²) in [4.78, 5) is 29.4. The van der Waals surface area contributed by atoms with E-state index < -0.39 is 0 Å². The van der Waals surface area contributed by atoms with Crippen molar-refractivity contribution in [3.05, 3.63) is 48.5 Å². The van der Waals surface area contributed by atoms with Crippen LogP contribution in [0.5, 0.6) is 11.5 Å². The lowest BCUT2D eigenvalue weighted by Crippen LogP contribution is -2.14. The molecule has 0 aliphatic rings. The Hall–Kier alpha value is -3.20. The van der Waals surface area contributed by atoms with Gasteiger partial charge in [0, 0.05) is 29.8 Å². The maximum atomic E-state index is 12.3. The van der Waals surface area contributed by atoms with Crippen LogP contribution in [0.25, 0.3) is 11.5 Å². The van der Waals surface area contributed by atoms with Crippen molar-refractivity contribution >= 4 is 23.4 Å². The molecule has 3 aromatic rings. The summed E-state index contributed by atoms with van der Waals surface area (Å²) in [7, 11) is 3.11. The number of benzene rings is 1. The second-order valence-electron chi connectivity index (χ2n) is 5.67. The Kier molecular flexibility index (Phi) is 6.38. The van der Waals surface area contributed by atoms with Crippen LogP contribution in [0.15, 0.2) is 47.9 Å². The number of thioether (sulfide) groups is 1. The molecule has 3 rings (SSSR count). The molecule has 8 nitrogen and oxygen atoms in total. The van der Waals surface area contributed by atoms with Crippen molar-refractivity contribution < 1.29 is 14.3 Å². The molecule has 9 heteroatoms. The van der Waals surface area contributed by atoms with E-state index in [1.807, 2.05) is 13.0 Å². The summed E-state index contributed by atoms with van der Waals surface area (Å²) < 4.78 is 10.4. The number of aryl methyl sites for hydroxylation is 1. The first-order valence-corrected chi connectivity index (χ1v) is 9.34. The highest BCUT2D eigenvalue weighted by atomic mass is 32.2. The highest BCUT2D eigenvalue weighted by Crippen LogP contribution is 2.30. The second kappa shape index (κ2) is 9.14. The third-order valence-electron chi connectivity index (χ3n) is 3.64. The van der Waals surface area contributed by atoms with Gasteiger partial charge in [0.15, 0.2) is 17.3 Å². The summed E-state index contributed by atoms with van der Waals surface area (Å²) in [5.41, 5.74) is 2.00. The summed E-state index contributed by atoms with van der Waals surface area (Å²) in [6, 6.07) is 7.03. The number of methoxy groups -OCH3 is 2. The number of anilines is 1. The number of rotatable bonds is 7. The molecule has 0 aliphatic carbocycles. The average Bonchev–Trinajstić information content (AvgIpc) is 2.72. The van der Waals surface area contributed by atoms with Gasteiger partial charge >= 0.3 is 0 Å². The highest BCUT2D eigenvalue weighted by molar-refractivity contribution is 7.99. The van der Waals surface area contributed by atoms with E-state index in [1.54, 1.807) is 51.0 Å². The number of hydrogen-bond donors (Lipinski definition) is 1. The lowest BCUT2D eigenvalue weighted by molar-refractivity contribution is -0.113. The topological polar surface area (TPSA) is 99.1 Å². The SMILES string of the molecule is COc1ccc(NC(=O)CSc2cc(C)nc(-c3cnccn3)n2)cc1OC. The Bertz CT molecular complexity index is 969. The van der Waals surface area contributed by atoms with Gasteiger partial charge in [-0.2, -0.15) is 0 Å². The van der Waals surface area contributed by atoms with Gasteiger partial charge in [-0.15, -0.1) is 0 Å². The zero-order chi connectivity index (χ0) is 19.9. The monoisotopic (exact) mass is 397 g/mol. The Balaban J connectivity index is 1.66. The third kappa shape index (κ3) is 4.95. The predicted octanol–water partition coefficient (Wildman–Crippen LogP) is 2.99. The molecule has 0 saturated carbocycles. The quantitative estimate of drug-likeness (QED) is 0.480. The van der Waals surface area contributed by atoms with Gasteiger partial charge in [-0.05, 0) is 25.1 Å². The van der Waals surface area contributed by atoms with Gasteiger partial charge in [-0.1, -0.05) is 11.8 Å². The van der Waals surface area contributed by atoms with E-state index >= 15 is 0 Å². The average molecular weight is 397 g/mol. The molecule has 144 valence electrons. The molecule has 0 saturated heterocycles. The van der Waals surface area contributed by atoms with Crippen LogP contribution in [0, 0.1) is 6.92 Å². The fourth-order valence-corrected chi connectivity index (χ4v) is 3.15. The van der Waals surface area contributed by atoms with Crippen molar-refractivity contribution in [3.8, 4) is 23.0 Å². The minimum atomic E-state index is -0.158. The maximum absolute atomic E-state index is 12.3. The normalized spacial score (nSPS) is 10.4. The third-order valence-corrected chi connectivity index (χ3v) is 4.55. The van der Waals surface area contributed by atoms with Gasteiger partial charge in [0.25, 0.3) is 0 Å². The van der Waals surface area contributed by atoms with E-state index in [2.05, 4.69) is 25.3 Å². The van der Waals surface area contributed by atoms with Crippen LogP contribution in [-0.4, -0.2) is 45.8 Å². The maximum Gasteiger partial charge on any atom is 0.234 e. The summed E-state index contributed by atoms with van der Waals surface area (Å²) in [6.07, 6.45) is 4.78. The van der Waals surface area contributed by atoms with Crippen LogP contribution in [0.2, 0.25) is 0 Å². The van der Waals surface area contributed by atoms with Gasteiger partial charge in [0.1, 0.15) is 10.7 Å². The summed E-state index contributed by atoms with van der Waals surface area (Å²) in [5, 5.41) is 3.53. The van der Waals surface area contributed by atoms with Crippen LogP contribution in [0.3, 0.4) is 0 Å². The molecule has 0 spiro atoms. The minimum Gasteiger partial charge on any atom is -0.493 e. The largest absolute Gasteiger partial charge is 0.493 e. The molecule has 0 aliphatic heterocycles. The van der Waals surface area contributed by atoms with Gasteiger partial charge < -0.3 is 14.8 Å². The van der Waals surface area contributed by atoms with Crippen LogP contribution in [-0.2, 0) is 4.79 Å². The number of carbonyl (C=O) groups excluding carboxylic acids is 1. The molecule has 1 amide bonds. The van der Waals surface area contributed by atoms with Crippen molar-refractivity contribution in [2.75, 3.05) is 25.3 Å². The lowest BCUT2D eigenvalue weighted by atomic mass is 10.2. The van der Waals surface area contributed by atoms with Gasteiger partial charge in [-0.25, -0.2) is 15.0 Å². The number of ether oxygens (including phenoxy) is 2. The molecule has 0 bridgehead atoms. The first-order valence-electron chi connectivity index (χ1n) is 8.36. The van der Waals surface area contributed by atoms with Gasteiger partial charge in [0.05, 0.1) is 26.2 Å². The van der Waals surface area contributed by atoms with Gasteiger partial charge in [0.2, 0.25) is 5.91 Å². The fourth-order valence-electron chi connectivity index (χ4n) is 2.39. The number of nitrogens with one attached hydrogen (secondary N) is 1. The smallest absolute Gasteiger partial charge is 0.234 e. The molecule has 0 fully saturated rings. The van der Waals surface area contributed by atoms with Crippen molar-refractivity contribution in [2.45, 2.75) is 11.9 Å². The van der Waals surface area contributed by atoms with Crippen molar-refractivity contribution in [1.29, 1.82) is 0 Å².